The summed E-state index contributed by atoms with van der Waals surface area (Å²) in [4.78, 5) is 0.646. The Hall–Kier alpha value is -0.540. The topological polar surface area (TPSA) is 20.2 Å². The van der Waals surface area contributed by atoms with Crippen LogP contribution in [0.15, 0.2) is 23.1 Å². The summed E-state index contributed by atoms with van der Waals surface area (Å²) in [6, 6.07) is 4.84. The Balaban J connectivity index is 2.85. The molecule has 0 radical (unpaired) electrons. The molecule has 0 saturated heterocycles. The van der Waals surface area contributed by atoms with Crippen LogP contribution in [0.5, 0.6) is 0 Å². The first-order valence-electron chi connectivity index (χ1n) is 4.19. The first-order valence-corrected chi connectivity index (χ1v) is 5.07. The molecule has 0 saturated carbocycles. The average Bonchev–Trinajstić information content (AvgIpc) is 2.08. The van der Waals surface area contributed by atoms with Crippen molar-refractivity contribution in [3.05, 3.63) is 29.6 Å². The van der Waals surface area contributed by atoms with Gasteiger partial charge >= 0.3 is 0 Å². The van der Waals surface area contributed by atoms with E-state index in [9.17, 15) is 4.39 Å². The van der Waals surface area contributed by atoms with Crippen LogP contribution in [0, 0.1) is 5.82 Å². The van der Waals surface area contributed by atoms with Gasteiger partial charge in [0.1, 0.15) is 5.82 Å². The normalized spacial score (nSPS) is 10.8. The first-order chi connectivity index (χ1) is 6.13. The first kappa shape index (κ1) is 10.5. The van der Waals surface area contributed by atoms with Crippen molar-refractivity contribution < 1.29 is 9.50 Å². The van der Waals surface area contributed by atoms with Crippen LogP contribution in [0.1, 0.15) is 19.4 Å². The summed E-state index contributed by atoms with van der Waals surface area (Å²) < 4.78 is 13.3. The van der Waals surface area contributed by atoms with Gasteiger partial charge in [-0.3, -0.25) is 0 Å². The lowest BCUT2D eigenvalue weighted by Crippen LogP contribution is -1.91. The Morgan fingerprint density at radius 2 is 2.15 bits per heavy atom. The molecule has 3 heteroatoms. The molecule has 0 spiro atoms. The summed E-state index contributed by atoms with van der Waals surface area (Å²) in [5.74, 6) is -0.245. The predicted molar refractivity (Wildman–Crippen MR) is 53.3 cm³/mol. The number of hydrogen-bond donors (Lipinski definition) is 1. The van der Waals surface area contributed by atoms with E-state index in [0.717, 1.165) is 0 Å². The van der Waals surface area contributed by atoms with Crippen molar-refractivity contribution in [3.63, 3.8) is 0 Å². The van der Waals surface area contributed by atoms with Gasteiger partial charge in [0.2, 0.25) is 0 Å². The van der Waals surface area contributed by atoms with Crippen LogP contribution in [-0.2, 0) is 6.61 Å². The number of hydrogen-bond acceptors (Lipinski definition) is 2. The van der Waals surface area contributed by atoms with E-state index in [1.54, 1.807) is 12.1 Å². The SMILES string of the molecule is CC(C)Sc1ccc(CO)cc1F. The highest BCUT2D eigenvalue weighted by Crippen LogP contribution is 2.26. The highest BCUT2D eigenvalue weighted by Gasteiger charge is 2.05. The zero-order valence-electron chi connectivity index (χ0n) is 7.75. The smallest absolute Gasteiger partial charge is 0.137 e. The van der Waals surface area contributed by atoms with Crippen LogP contribution < -0.4 is 0 Å². The van der Waals surface area contributed by atoms with Gasteiger partial charge < -0.3 is 5.11 Å². The Kier molecular flexibility index (Phi) is 3.75. The summed E-state index contributed by atoms with van der Waals surface area (Å²) in [5.41, 5.74) is 0.616. The Labute approximate surface area is 82.0 Å². The van der Waals surface area contributed by atoms with E-state index in [4.69, 9.17) is 5.11 Å². The maximum Gasteiger partial charge on any atom is 0.137 e. The molecule has 0 bridgehead atoms. The molecule has 1 rings (SSSR count). The summed E-state index contributed by atoms with van der Waals surface area (Å²) in [5, 5.41) is 9.13. The van der Waals surface area contributed by atoms with E-state index < -0.39 is 0 Å². The monoisotopic (exact) mass is 200 g/mol. The van der Waals surface area contributed by atoms with Gasteiger partial charge in [-0.15, -0.1) is 11.8 Å². The molecule has 72 valence electrons. The van der Waals surface area contributed by atoms with Gasteiger partial charge in [-0.2, -0.15) is 0 Å². The molecular formula is C10H13FOS. The van der Waals surface area contributed by atoms with E-state index in [1.165, 1.54) is 17.8 Å². The predicted octanol–water partition coefficient (Wildman–Crippen LogP) is 2.82. The van der Waals surface area contributed by atoms with Crippen molar-refractivity contribution in [2.75, 3.05) is 0 Å². The second kappa shape index (κ2) is 4.63. The van der Waals surface area contributed by atoms with Crippen LogP contribution in [-0.4, -0.2) is 10.4 Å². The molecule has 1 nitrogen and oxygen atoms in total. The van der Waals surface area contributed by atoms with Crippen LogP contribution >= 0.6 is 11.8 Å². The fraction of sp³-hybridized carbons (Fsp3) is 0.400. The van der Waals surface area contributed by atoms with Crippen molar-refractivity contribution >= 4 is 11.8 Å². The number of halogens is 1. The molecular weight excluding hydrogens is 187 g/mol. The molecule has 0 aliphatic carbocycles. The van der Waals surface area contributed by atoms with E-state index in [0.29, 0.717) is 15.7 Å². The zero-order chi connectivity index (χ0) is 9.84. The van der Waals surface area contributed by atoms with Crippen LogP contribution in [0.2, 0.25) is 0 Å². The zero-order valence-corrected chi connectivity index (χ0v) is 8.57. The van der Waals surface area contributed by atoms with Crippen molar-refractivity contribution in [3.8, 4) is 0 Å². The van der Waals surface area contributed by atoms with Crippen molar-refractivity contribution in [1.29, 1.82) is 0 Å². The number of aliphatic hydroxyl groups excluding tert-OH is 1. The third-order valence-corrected chi connectivity index (χ3v) is 2.60. The fourth-order valence-electron chi connectivity index (χ4n) is 0.992. The molecule has 0 aliphatic rings. The molecule has 1 N–H and O–H groups in total. The summed E-state index contributed by atoms with van der Waals surface area (Å²) in [7, 11) is 0. The number of rotatable bonds is 3. The summed E-state index contributed by atoms with van der Waals surface area (Å²) in [6.45, 7) is 3.93. The summed E-state index contributed by atoms with van der Waals surface area (Å²) in [6.07, 6.45) is 0. The standard InChI is InChI=1S/C10H13FOS/c1-7(2)13-10-4-3-8(6-12)5-9(10)11/h3-5,7,12H,6H2,1-2H3. The molecule has 0 heterocycles. The van der Waals surface area contributed by atoms with Gasteiger partial charge in [0.25, 0.3) is 0 Å². The highest BCUT2D eigenvalue weighted by molar-refractivity contribution is 7.99. The lowest BCUT2D eigenvalue weighted by Gasteiger charge is -2.06. The molecule has 0 unspecified atom stereocenters. The van der Waals surface area contributed by atoms with Gasteiger partial charge in [-0.05, 0) is 17.7 Å². The van der Waals surface area contributed by atoms with Crippen molar-refractivity contribution in [2.45, 2.75) is 30.6 Å². The van der Waals surface area contributed by atoms with Crippen LogP contribution in [0.4, 0.5) is 4.39 Å². The lowest BCUT2D eigenvalue weighted by molar-refractivity contribution is 0.281. The van der Waals surface area contributed by atoms with Gasteiger partial charge in [0.15, 0.2) is 0 Å². The molecule has 0 aromatic heterocycles. The largest absolute Gasteiger partial charge is 0.392 e. The highest BCUT2D eigenvalue weighted by atomic mass is 32.2. The van der Waals surface area contributed by atoms with Gasteiger partial charge in [-0.25, -0.2) is 4.39 Å². The van der Waals surface area contributed by atoms with Crippen LogP contribution in [0.3, 0.4) is 0 Å². The second-order valence-corrected chi connectivity index (χ2v) is 4.71. The summed E-state index contributed by atoms with van der Waals surface area (Å²) >= 11 is 1.49. The molecule has 0 amide bonds. The Morgan fingerprint density at radius 1 is 1.46 bits per heavy atom. The van der Waals surface area contributed by atoms with E-state index in [-0.39, 0.29) is 12.4 Å². The maximum atomic E-state index is 13.3. The van der Waals surface area contributed by atoms with Crippen molar-refractivity contribution in [2.24, 2.45) is 0 Å². The molecule has 1 aromatic carbocycles. The van der Waals surface area contributed by atoms with E-state index >= 15 is 0 Å². The molecule has 0 fully saturated rings. The number of aliphatic hydroxyl groups is 1. The second-order valence-electron chi connectivity index (χ2n) is 3.09. The third-order valence-electron chi connectivity index (χ3n) is 1.54. The quantitative estimate of drug-likeness (QED) is 0.757. The molecule has 13 heavy (non-hydrogen) atoms. The number of benzene rings is 1. The van der Waals surface area contributed by atoms with Gasteiger partial charge in [0.05, 0.1) is 6.61 Å². The Bertz CT molecular complexity index is 286. The molecule has 0 atom stereocenters. The van der Waals surface area contributed by atoms with E-state index in [2.05, 4.69) is 0 Å². The minimum atomic E-state index is -0.245. The minimum absolute atomic E-state index is 0.108. The Morgan fingerprint density at radius 3 is 2.62 bits per heavy atom. The van der Waals surface area contributed by atoms with Gasteiger partial charge in [0, 0.05) is 10.1 Å². The van der Waals surface area contributed by atoms with Crippen LogP contribution in [0.25, 0.3) is 0 Å². The molecule has 1 aromatic rings. The fourth-order valence-corrected chi connectivity index (χ4v) is 1.82. The van der Waals surface area contributed by atoms with Crippen molar-refractivity contribution in [1.82, 2.24) is 0 Å². The van der Waals surface area contributed by atoms with E-state index in [1.807, 2.05) is 13.8 Å². The average molecular weight is 200 g/mol. The third kappa shape index (κ3) is 3.01. The maximum absolute atomic E-state index is 13.3. The molecule has 0 aliphatic heterocycles. The minimum Gasteiger partial charge on any atom is -0.392 e. The van der Waals surface area contributed by atoms with Gasteiger partial charge in [-0.1, -0.05) is 19.9 Å². The lowest BCUT2D eigenvalue weighted by atomic mass is 10.2. The number of thioether (sulfide) groups is 1.